The lowest BCUT2D eigenvalue weighted by atomic mass is 10.3. The lowest BCUT2D eigenvalue weighted by Gasteiger charge is -2.16. The van der Waals surface area contributed by atoms with Gasteiger partial charge in [0.2, 0.25) is 0 Å². The Balaban J connectivity index is 1.86. The predicted molar refractivity (Wildman–Crippen MR) is 92.5 cm³/mol. The molecule has 0 spiro atoms. The monoisotopic (exact) mass is 332 g/mol. The van der Waals surface area contributed by atoms with E-state index in [1.54, 1.807) is 36.4 Å². The summed E-state index contributed by atoms with van der Waals surface area (Å²) in [5, 5.41) is 12.5. The molecule has 130 valence electrons. The van der Waals surface area contributed by atoms with Gasteiger partial charge >= 0.3 is 0 Å². The Bertz CT molecular complexity index is 649. The fourth-order valence-electron chi connectivity index (χ4n) is 2.18. The van der Waals surface area contributed by atoms with Crippen molar-refractivity contribution in [2.45, 2.75) is 19.4 Å². The molecule has 1 aromatic heterocycles. The number of carbonyl (C=O) groups excluding carboxylic acids is 1. The number of hydrogen-bond acceptors (Lipinski definition) is 5. The van der Waals surface area contributed by atoms with Gasteiger partial charge < -0.3 is 24.5 Å². The van der Waals surface area contributed by atoms with E-state index in [1.807, 2.05) is 25.9 Å². The minimum atomic E-state index is -0.550. The molecule has 0 aliphatic rings. The number of furan rings is 1. The Labute approximate surface area is 142 Å². The van der Waals surface area contributed by atoms with Gasteiger partial charge in [-0.1, -0.05) is 6.92 Å². The first-order chi connectivity index (χ1) is 11.5. The van der Waals surface area contributed by atoms with Crippen LogP contribution in [0.5, 0.6) is 5.75 Å². The third-order valence-corrected chi connectivity index (χ3v) is 3.36. The molecule has 0 fully saturated rings. The van der Waals surface area contributed by atoms with Crippen LogP contribution in [0, 0.1) is 0 Å². The van der Waals surface area contributed by atoms with Crippen molar-refractivity contribution in [1.29, 1.82) is 0 Å². The molecule has 2 aromatic rings. The molecule has 0 radical (unpaired) electrons. The maximum absolute atomic E-state index is 12.1. The molecule has 0 aliphatic heterocycles. The van der Waals surface area contributed by atoms with Gasteiger partial charge in [-0.3, -0.25) is 4.79 Å². The molecule has 24 heavy (non-hydrogen) atoms. The molecule has 1 amide bonds. The van der Waals surface area contributed by atoms with Gasteiger partial charge in [0.1, 0.15) is 24.2 Å². The lowest BCUT2D eigenvalue weighted by Crippen LogP contribution is -2.30. The molecule has 1 atom stereocenters. The van der Waals surface area contributed by atoms with E-state index in [-0.39, 0.29) is 12.5 Å². The van der Waals surface area contributed by atoms with Crippen LogP contribution < -0.4 is 10.1 Å². The van der Waals surface area contributed by atoms with Crippen molar-refractivity contribution < 1.29 is 19.1 Å². The highest BCUT2D eigenvalue weighted by atomic mass is 16.5. The molecule has 1 unspecified atom stereocenters. The zero-order valence-corrected chi connectivity index (χ0v) is 14.3. The van der Waals surface area contributed by atoms with Crippen LogP contribution in [0.15, 0.2) is 40.8 Å². The van der Waals surface area contributed by atoms with Crippen molar-refractivity contribution in [3.8, 4) is 5.75 Å². The average Bonchev–Trinajstić information content (AvgIpc) is 3.03. The number of nitrogens with zero attached hydrogens (tertiary/aromatic N) is 1. The third-order valence-electron chi connectivity index (χ3n) is 3.36. The topological polar surface area (TPSA) is 74.9 Å². The van der Waals surface area contributed by atoms with Crippen LogP contribution in [-0.2, 0) is 6.42 Å². The van der Waals surface area contributed by atoms with E-state index in [2.05, 4.69) is 5.32 Å². The second-order valence-electron chi connectivity index (χ2n) is 5.83. The van der Waals surface area contributed by atoms with Crippen LogP contribution >= 0.6 is 0 Å². The highest BCUT2D eigenvalue weighted by molar-refractivity contribution is 6.02. The van der Waals surface area contributed by atoms with Crippen molar-refractivity contribution in [1.82, 2.24) is 4.90 Å². The number of aryl methyl sites for hydroxylation is 1. The number of nitrogens with one attached hydrogen (secondary N) is 1. The molecule has 0 bridgehead atoms. The minimum absolute atomic E-state index is 0.218. The fraction of sp³-hybridized carbons (Fsp3) is 0.389. The molecule has 0 aliphatic carbocycles. The van der Waals surface area contributed by atoms with Crippen molar-refractivity contribution >= 4 is 11.6 Å². The van der Waals surface area contributed by atoms with E-state index in [0.29, 0.717) is 23.7 Å². The van der Waals surface area contributed by atoms with Gasteiger partial charge in [0.05, 0.1) is 0 Å². The van der Waals surface area contributed by atoms with Gasteiger partial charge in [-0.25, -0.2) is 0 Å². The summed E-state index contributed by atoms with van der Waals surface area (Å²) < 4.78 is 10.9. The molecular formula is C18H24N2O4. The summed E-state index contributed by atoms with van der Waals surface area (Å²) >= 11 is 0. The number of amides is 1. The first kappa shape index (κ1) is 18.0. The van der Waals surface area contributed by atoms with Crippen molar-refractivity contribution in [3.05, 3.63) is 47.9 Å². The molecule has 0 saturated heterocycles. The number of aliphatic hydroxyl groups excluding tert-OH is 1. The Morgan fingerprint density at radius 3 is 2.54 bits per heavy atom. The second kappa shape index (κ2) is 8.52. The van der Waals surface area contributed by atoms with Gasteiger partial charge in [0.25, 0.3) is 5.91 Å². The molecule has 2 rings (SSSR count). The maximum Gasteiger partial charge on any atom is 0.291 e. The van der Waals surface area contributed by atoms with Crippen LogP contribution in [0.3, 0.4) is 0 Å². The van der Waals surface area contributed by atoms with E-state index in [4.69, 9.17) is 9.15 Å². The summed E-state index contributed by atoms with van der Waals surface area (Å²) in [4.78, 5) is 14.0. The smallest absolute Gasteiger partial charge is 0.291 e. The number of benzene rings is 1. The van der Waals surface area contributed by atoms with E-state index in [0.717, 1.165) is 12.2 Å². The predicted octanol–water partition coefficient (Wildman–Crippen LogP) is 2.40. The van der Waals surface area contributed by atoms with Crippen molar-refractivity contribution in [3.63, 3.8) is 0 Å². The highest BCUT2D eigenvalue weighted by Crippen LogP contribution is 2.17. The lowest BCUT2D eigenvalue weighted by molar-refractivity contribution is 0.0831. The summed E-state index contributed by atoms with van der Waals surface area (Å²) in [5.41, 5.74) is 0.649. The number of hydrogen-bond donors (Lipinski definition) is 2. The van der Waals surface area contributed by atoms with Crippen molar-refractivity contribution in [2.24, 2.45) is 0 Å². The Kier molecular flexibility index (Phi) is 6.40. The molecule has 0 saturated carbocycles. The van der Waals surface area contributed by atoms with Gasteiger partial charge in [0, 0.05) is 18.7 Å². The third kappa shape index (κ3) is 5.40. The number of ether oxygens (including phenoxy) is 1. The molecule has 2 N–H and O–H groups in total. The maximum atomic E-state index is 12.1. The standard InChI is InChI=1S/C18H24N2O4/c1-4-15-9-10-17(24-15)18(22)19-13-5-7-16(8-6-13)23-12-14(21)11-20(2)3/h5-10,14,21H,4,11-12H2,1-3H3,(H,19,22). The van der Waals surface area contributed by atoms with Gasteiger partial charge in [-0.15, -0.1) is 0 Å². The van der Waals surface area contributed by atoms with Gasteiger partial charge in [-0.05, 0) is 50.5 Å². The van der Waals surface area contributed by atoms with E-state index < -0.39 is 6.10 Å². The minimum Gasteiger partial charge on any atom is -0.491 e. The van der Waals surface area contributed by atoms with Gasteiger partial charge in [0.15, 0.2) is 5.76 Å². The molecule has 1 aromatic carbocycles. The summed E-state index contributed by atoms with van der Waals surface area (Å²) in [6, 6.07) is 10.4. The number of anilines is 1. The van der Waals surface area contributed by atoms with Crippen molar-refractivity contribution in [2.75, 3.05) is 32.6 Å². The number of likely N-dealkylation sites (N-methyl/N-ethyl adjacent to an activating group) is 1. The molecular weight excluding hydrogens is 308 g/mol. The average molecular weight is 332 g/mol. The second-order valence-corrected chi connectivity index (χ2v) is 5.83. The first-order valence-electron chi connectivity index (χ1n) is 7.93. The van der Waals surface area contributed by atoms with E-state index in [1.165, 1.54) is 0 Å². The molecule has 1 heterocycles. The first-order valence-corrected chi connectivity index (χ1v) is 7.93. The zero-order valence-electron chi connectivity index (χ0n) is 14.3. The fourth-order valence-corrected chi connectivity index (χ4v) is 2.18. The van der Waals surface area contributed by atoms with Crippen LogP contribution in [0.1, 0.15) is 23.2 Å². The number of rotatable bonds is 8. The van der Waals surface area contributed by atoms with E-state index in [9.17, 15) is 9.90 Å². The Morgan fingerprint density at radius 1 is 1.25 bits per heavy atom. The Morgan fingerprint density at radius 2 is 1.96 bits per heavy atom. The summed E-state index contributed by atoms with van der Waals surface area (Å²) in [6.07, 6.45) is 0.199. The number of carbonyl (C=O) groups is 1. The number of aliphatic hydroxyl groups is 1. The summed E-state index contributed by atoms with van der Waals surface area (Å²) in [5.74, 6) is 1.42. The van der Waals surface area contributed by atoms with Gasteiger partial charge in [-0.2, -0.15) is 0 Å². The highest BCUT2D eigenvalue weighted by Gasteiger charge is 2.11. The van der Waals surface area contributed by atoms with Crippen LogP contribution in [-0.4, -0.2) is 49.3 Å². The Hall–Kier alpha value is -2.31. The zero-order chi connectivity index (χ0) is 17.5. The SMILES string of the molecule is CCc1ccc(C(=O)Nc2ccc(OCC(O)CN(C)C)cc2)o1. The summed E-state index contributed by atoms with van der Waals surface area (Å²) in [6.45, 7) is 2.72. The normalized spacial score (nSPS) is 12.2. The van der Waals surface area contributed by atoms with Crippen LogP contribution in [0.4, 0.5) is 5.69 Å². The largest absolute Gasteiger partial charge is 0.491 e. The van der Waals surface area contributed by atoms with E-state index >= 15 is 0 Å². The molecule has 6 heteroatoms. The molecule has 6 nitrogen and oxygen atoms in total. The quantitative estimate of drug-likeness (QED) is 0.776. The van der Waals surface area contributed by atoms with Crippen LogP contribution in [0.2, 0.25) is 0 Å². The summed E-state index contributed by atoms with van der Waals surface area (Å²) in [7, 11) is 3.78. The van der Waals surface area contributed by atoms with Crippen LogP contribution in [0.25, 0.3) is 0 Å².